The van der Waals surface area contributed by atoms with Gasteiger partial charge in [-0.1, -0.05) is 6.58 Å². The first-order valence-electron chi connectivity index (χ1n) is 2.69. The molecule has 0 aliphatic carbocycles. The van der Waals surface area contributed by atoms with Gasteiger partial charge in [0.15, 0.2) is 0 Å². The maximum Gasteiger partial charge on any atom is 0.138 e. The lowest BCUT2D eigenvalue weighted by Gasteiger charge is -2.07. The molecule has 0 saturated heterocycles. The Labute approximate surface area is 54.3 Å². The summed E-state index contributed by atoms with van der Waals surface area (Å²) in [7, 11) is 0. The number of hydrogen-bond acceptors (Lipinski definition) is 3. The van der Waals surface area contributed by atoms with Crippen LogP contribution in [0.25, 0.3) is 0 Å². The second-order valence-corrected chi connectivity index (χ2v) is 1.97. The molecule has 1 atom stereocenters. The minimum absolute atomic E-state index is 0.0125. The Kier molecular flexibility index (Phi) is 2.95. The minimum atomic E-state index is -0.310. The minimum Gasteiger partial charge on any atom is -0.299 e. The molecule has 0 bridgehead atoms. The van der Waals surface area contributed by atoms with Gasteiger partial charge >= 0.3 is 0 Å². The highest BCUT2D eigenvalue weighted by atomic mass is 16.5. The zero-order chi connectivity index (χ0) is 7.44. The van der Waals surface area contributed by atoms with E-state index in [9.17, 15) is 4.79 Å². The van der Waals surface area contributed by atoms with E-state index < -0.39 is 0 Å². The van der Waals surface area contributed by atoms with Crippen molar-refractivity contribution in [2.75, 3.05) is 0 Å². The number of carbonyl (C=O) groups excluding carboxylic acids is 1. The zero-order valence-electron chi connectivity index (χ0n) is 5.64. The van der Waals surface area contributed by atoms with E-state index in [2.05, 4.69) is 6.58 Å². The van der Waals surface area contributed by atoms with Crippen LogP contribution in [-0.2, 0) is 4.79 Å². The zero-order valence-corrected chi connectivity index (χ0v) is 5.64. The third-order valence-electron chi connectivity index (χ3n) is 1.28. The van der Waals surface area contributed by atoms with Crippen LogP contribution < -0.4 is 5.48 Å². The second-order valence-electron chi connectivity index (χ2n) is 1.97. The van der Waals surface area contributed by atoms with E-state index in [0.29, 0.717) is 5.70 Å². The molecule has 0 saturated carbocycles. The smallest absolute Gasteiger partial charge is 0.138 e. The monoisotopic (exact) mass is 129 g/mol. The number of hydrogen-bond donors (Lipinski definition) is 2. The fourth-order valence-electron chi connectivity index (χ4n) is 0.342. The first-order valence-corrected chi connectivity index (χ1v) is 2.69. The summed E-state index contributed by atoms with van der Waals surface area (Å²) in [6.45, 7) is 6.54. The van der Waals surface area contributed by atoms with Crippen LogP contribution in [0.1, 0.15) is 13.8 Å². The van der Waals surface area contributed by atoms with Crippen LogP contribution in [0.2, 0.25) is 0 Å². The highest BCUT2D eigenvalue weighted by Crippen LogP contribution is 2.03. The molecule has 0 aromatic heterocycles. The van der Waals surface area contributed by atoms with Gasteiger partial charge in [-0.15, -0.1) is 0 Å². The third-order valence-corrected chi connectivity index (χ3v) is 1.28. The van der Waals surface area contributed by atoms with Crippen molar-refractivity contribution in [1.82, 2.24) is 5.48 Å². The summed E-state index contributed by atoms with van der Waals surface area (Å²) in [4.78, 5) is 10.5. The van der Waals surface area contributed by atoms with Gasteiger partial charge in [-0.05, 0) is 13.8 Å². The van der Waals surface area contributed by atoms with Gasteiger partial charge in [0.2, 0.25) is 0 Å². The standard InChI is InChI=1S/C6H11NO2/c1-4(6(3)8)5(2)7-9/h4,7,9H,2H2,1,3H3. The predicted octanol–water partition coefficient (Wildman–Crippen LogP) is 0.704. The van der Waals surface area contributed by atoms with Crippen molar-refractivity contribution in [1.29, 1.82) is 0 Å². The lowest BCUT2D eigenvalue weighted by atomic mass is 10.1. The highest BCUT2D eigenvalue weighted by molar-refractivity contribution is 5.80. The molecule has 0 radical (unpaired) electrons. The topological polar surface area (TPSA) is 49.3 Å². The van der Waals surface area contributed by atoms with Crippen LogP contribution in [0.15, 0.2) is 12.3 Å². The molecule has 3 heteroatoms. The lowest BCUT2D eigenvalue weighted by molar-refractivity contribution is -0.119. The van der Waals surface area contributed by atoms with Crippen molar-refractivity contribution in [2.45, 2.75) is 13.8 Å². The molecule has 0 aliphatic heterocycles. The molecule has 0 rings (SSSR count). The van der Waals surface area contributed by atoms with E-state index in [1.165, 1.54) is 6.92 Å². The van der Waals surface area contributed by atoms with E-state index in [-0.39, 0.29) is 11.7 Å². The highest BCUT2D eigenvalue weighted by Gasteiger charge is 2.09. The number of carbonyl (C=O) groups is 1. The van der Waals surface area contributed by atoms with Crippen LogP contribution in [0, 0.1) is 5.92 Å². The summed E-state index contributed by atoms with van der Waals surface area (Å²) in [5.41, 5.74) is 2.17. The summed E-state index contributed by atoms with van der Waals surface area (Å²) in [5, 5.41) is 8.25. The summed E-state index contributed by atoms with van der Waals surface area (Å²) < 4.78 is 0. The molecule has 9 heavy (non-hydrogen) atoms. The first kappa shape index (κ1) is 8.17. The fourth-order valence-corrected chi connectivity index (χ4v) is 0.342. The molecule has 2 N–H and O–H groups in total. The van der Waals surface area contributed by atoms with Crippen molar-refractivity contribution in [3.8, 4) is 0 Å². The van der Waals surface area contributed by atoms with Crippen molar-refractivity contribution >= 4 is 5.78 Å². The molecule has 3 nitrogen and oxygen atoms in total. The fraction of sp³-hybridized carbons (Fsp3) is 0.500. The molecule has 0 heterocycles. The van der Waals surface area contributed by atoms with E-state index in [4.69, 9.17) is 5.21 Å². The molecular formula is C6H11NO2. The van der Waals surface area contributed by atoms with E-state index in [1.54, 1.807) is 6.92 Å². The Morgan fingerprint density at radius 3 is 2.33 bits per heavy atom. The van der Waals surface area contributed by atoms with Gasteiger partial charge in [0, 0.05) is 5.70 Å². The van der Waals surface area contributed by atoms with Gasteiger partial charge in [-0.2, -0.15) is 0 Å². The molecule has 0 aromatic carbocycles. The van der Waals surface area contributed by atoms with Gasteiger partial charge in [-0.3, -0.25) is 15.5 Å². The maximum atomic E-state index is 10.5. The van der Waals surface area contributed by atoms with Gasteiger partial charge < -0.3 is 0 Å². The second kappa shape index (κ2) is 3.25. The Hall–Kier alpha value is -0.830. The quantitative estimate of drug-likeness (QED) is 0.551. The molecular weight excluding hydrogens is 118 g/mol. The van der Waals surface area contributed by atoms with Crippen molar-refractivity contribution in [3.05, 3.63) is 12.3 Å². The van der Waals surface area contributed by atoms with Gasteiger partial charge in [0.1, 0.15) is 5.78 Å². The van der Waals surface area contributed by atoms with Gasteiger partial charge in [-0.25, -0.2) is 0 Å². The number of nitrogens with one attached hydrogen (secondary N) is 1. The van der Waals surface area contributed by atoms with Crippen LogP contribution >= 0.6 is 0 Å². The third kappa shape index (κ3) is 2.28. The van der Waals surface area contributed by atoms with Crippen molar-refractivity contribution in [3.63, 3.8) is 0 Å². The largest absolute Gasteiger partial charge is 0.299 e. The maximum absolute atomic E-state index is 10.5. The number of allylic oxidation sites excluding steroid dienone is 1. The number of Topliss-reactive ketones (excluding diaryl/α,β-unsaturated/α-hetero) is 1. The van der Waals surface area contributed by atoms with Crippen molar-refractivity contribution in [2.24, 2.45) is 5.92 Å². The summed E-state index contributed by atoms with van der Waals surface area (Å²) in [6.07, 6.45) is 0. The summed E-state index contributed by atoms with van der Waals surface area (Å²) in [5.74, 6) is -0.323. The van der Waals surface area contributed by atoms with E-state index in [1.807, 2.05) is 5.48 Å². The van der Waals surface area contributed by atoms with Gasteiger partial charge in [0.05, 0.1) is 5.92 Å². The Morgan fingerprint density at radius 2 is 2.22 bits per heavy atom. The molecule has 0 aromatic rings. The molecule has 0 spiro atoms. The summed E-state index contributed by atoms with van der Waals surface area (Å²) >= 11 is 0. The van der Waals surface area contributed by atoms with Gasteiger partial charge in [0.25, 0.3) is 0 Å². The van der Waals surface area contributed by atoms with Crippen LogP contribution in [0.5, 0.6) is 0 Å². The average Bonchev–Trinajstić information content (AvgIpc) is 1.84. The van der Waals surface area contributed by atoms with Crippen molar-refractivity contribution < 1.29 is 10.0 Å². The molecule has 0 aliphatic rings. The lowest BCUT2D eigenvalue weighted by Crippen LogP contribution is -2.18. The Balaban J connectivity index is 3.88. The van der Waals surface area contributed by atoms with Crippen LogP contribution in [0.3, 0.4) is 0 Å². The number of ketones is 1. The van der Waals surface area contributed by atoms with E-state index in [0.717, 1.165) is 0 Å². The average molecular weight is 129 g/mol. The first-order chi connectivity index (χ1) is 4.09. The Morgan fingerprint density at radius 1 is 1.78 bits per heavy atom. The predicted molar refractivity (Wildman–Crippen MR) is 33.9 cm³/mol. The molecule has 0 fully saturated rings. The Bertz CT molecular complexity index is 131. The number of rotatable bonds is 3. The number of hydroxylamine groups is 1. The van der Waals surface area contributed by atoms with Crippen LogP contribution in [0.4, 0.5) is 0 Å². The van der Waals surface area contributed by atoms with E-state index >= 15 is 0 Å². The SMILES string of the molecule is C=C(NO)C(C)C(C)=O. The van der Waals surface area contributed by atoms with Crippen LogP contribution in [-0.4, -0.2) is 11.0 Å². The molecule has 1 unspecified atom stereocenters. The molecule has 0 amide bonds. The molecule has 52 valence electrons. The summed E-state index contributed by atoms with van der Waals surface area (Å²) in [6, 6.07) is 0. The normalized spacial score (nSPS) is 12.3.